The molecule has 1 aromatic heterocycles. The molecule has 0 N–H and O–H groups in total. The Kier molecular flexibility index (Phi) is 5.72. The summed E-state index contributed by atoms with van der Waals surface area (Å²) in [6.45, 7) is 4.01. The first-order valence-electron chi connectivity index (χ1n) is 7.83. The molecule has 0 radical (unpaired) electrons. The van der Waals surface area contributed by atoms with Crippen molar-refractivity contribution in [3.8, 4) is 5.69 Å². The second kappa shape index (κ2) is 7.81. The fraction of sp³-hybridized carbons (Fsp3) is 0.150. The third kappa shape index (κ3) is 4.02. The van der Waals surface area contributed by atoms with Gasteiger partial charge in [-0.3, -0.25) is 4.79 Å². The standard InChI is InChI=1S/C20H17BrClNOS/c1-13-11-17(14(2)23(13)16-9-7-15(21)8-10-16)19(24)12-25-20-6-4-3-5-18(20)22/h3-11H,12H2,1-2H3. The lowest BCUT2D eigenvalue weighted by molar-refractivity contribution is 0.102. The molecule has 0 saturated carbocycles. The van der Waals surface area contributed by atoms with Crippen LogP contribution in [0.1, 0.15) is 21.7 Å². The molecule has 25 heavy (non-hydrogen) atoms. The second-order valence-corrected chi connectivity index (χ2v) is 8.08. The molecule has 3 aromatic rings. The highest BCUT2D eigenvalue weighted by Gasteiger charge is 2.17. The van der Waals surface area contributed by atoms with E-state index in [-0.39, 0.29) is 5.78 Å². The Hall–Kier alpha value is -1.49. The predicted molar refractivity (Wildman–Crippen MR) is 109 cm³/mol. The van der Waals surface area contributed by atoms with E-state index in [0.29, 0.717) is 10.8 Å². The number of hydrogen-bond acceptors (Lipinski definition) is 2. The van der Waals surface area contributed by atoms with E-state index in [4.69, 9.17) is 11.6 Å². The number of nitrogens with zero attached hydrogens (tertiary/aromatic N) is 1. The summed E-state index contributed by atoms with van der Waals surface area (Å²) in [4.78, 5) is 13.6. The Bertz CT molecular complexity index is 918. The van der Waals surface area contributed by atoms with Crippen molar-refractivity contribution in [1.29, 1.82) is 0 Å². The van der Waals surface area contributed by atoms with Crippen LogP contribution in [0.15, 0.2) is 64.0 Å². The second-order valence-electron chi connectivity index (χ2n) is 5.74. The molecular formula is C20H17BrClNOS. The Labute approximate surface area is 165 Å². The summed E-state index contributed by atoms with van der Waals surface area (Å²) < 4.78 is 3.14. The average Bonchev–Trinajstić information content (AvgIpc) is 2.89. The van der Waals surface area contributed by atoms with Crippen molar-refractivity contribution in [2.45, 2.75) is 18.7 Å². The van der Waals surface area contributed by atoms with Crippen LogP contribution in [0.4, 0.5) is 0 Å². The summed E-state index contributed by atoms with van der Waals surface area (Å²) in [5, 5.41) is 0.681. The van der Waals surface area contributed by atoms with Crippen molar-refractivity contribution in [3.05, 3.63) is 81.0 Å². The van der Waals surface area contributed by atoms with E-state index < -0.39 is 0 Å². The lowest BCUT2D eigenvalue weighted by atomic mass is 10.2. The molecule has 0 bridgehead atoms. The van der Waals surface area contributed by atoms with E-state index in [1.807, 2.05) is 68.4 Å². The number of thioether (sulfide) groups is 1. The fourth-order valence-electron chi connectivity index (χ4n) is 2.82. The zero-order valence-corrected chi connectivity index (χ0v) is 17.1. The Balaban J connectivity index is 1.83. The summed E-state index contributed by atoms with van der Waals surface area (Å²) in [6, 6.07) is 17.6. The summed E-state index contributed by atoms with van der Waals surface area (Å²) in [6.07, 6.45) is 0. The summed E-state index contributed by atoms with van der Waals surface area (Å²) >= 11 is 11.1. The van der Waals surface area contributed by atoms with Gasteiger partial charge in [-0.05, 0) is 56.3 Å². The van der Waals surface area contributed by atoms with Crippen LogP contribution in [0, 0.1) is 13.8 Å². The van der Waals surface area contributed by atoms with Gasteiger partial charge in [0.1, 0.15) is 0 Å². The number of hydrogen-bond donors (Lipinski definition) is 0. The predicted octanol–water partition coefficient (Wildman–Crippen LogP) is 6.49. The van der Waals surface area contributed by atoms with Gasteiger partial charge in [-0.15, -0.1) is 11.8 Å². The van der Waals surface area contributed by atoms with Crippen molar-refractivity contribution in [2.75, 3.05) is 5.75 Å². The van der Waals surface area contributed by atoms with E-state index in [9.17, 15) is 4.79 Å². The van der Waals surface area contributed by atoms with Crippen molar-refractivity contribution in [2.24, 2.45) is 0 Å². The normalized spacial score (nSPS) is 10.9. The summed E-state index contributed by atoms with van der Waals surface area (Å²) in [5.74, 6) is 0.482. The fourth-order valence-corrected chi connectivity index (χ4v) is 4.20. The topological polar surface area (TPSA) is 22.0 Å². The average molecular weight is 435 g/mol. The molecule has 2 aromatic carbocycles. The maximum absolute atomic E-state index is 12.7. The van der Waals surface area contributed by atoms with E-state index in [2.05, 4.69) is 20.5 Å². The minimum Gasteiger partial charge on any atom is -0.318 e. The first-order chi connectivity index (χ1) is 12.0. The number of ketones is 1. The van der Waals surface area contributed by atoms with Gasteiger partial charge >= 0.3 is 0 Å². The number of aryl methyl sites for hydroxylation is 1. The highest BCUT2D eigenvalue weighted by Crippen LogP contribution is 2.28. The van der Waals surface area contributed by atoms with E-state index in [0.717, 1.165) is 32.0 Å². The molecule has 0 aliphatic rings. The number of carbonyl (C=O) groups excluding carboxylic acids is 1. The van der Waals surface area contributed by atoms with Crippen LogP contribution in [0.2, 0.25) is 5.02 Å². The van der Waals surface area contributed by atoms with Gasteiger partial charge in [-0.25, -0.2) is 0 Å². The van der Waals surface area contributed by atoms with Gasteiger partial charge in [0.15, 0.2) is 5.78 Å². The molecule has 3 rings (SSSR count). The number of carbonyl (C=O) groups is 1. The zero-order valence-electron chi connectivity index (χ0n) is 13.9. The molecule has 0 atom stereocenters. The van der Waals surface area contributed by atoms with Crippen molar-refractivity contribution < 1.29 is 4.79 Å². The van der Waals surface area contributed by atoms with Gasteiger partial charge in [0.2, 0.25) is 0 Å². The Morgan fingerprint density at radius 2 is 1.80 bits per heavy atom. The van der Waals surface area contributed by atoms with E-state index in [1.54, 1.807) is 0 Å². The molecule has 0 amide bonds. The third-order valence-electron chi connectivity index (χ3n) is 4.01. The van der Waals surface area contributed by atoms with Crippen LogP contribution in [0.3, 0.4) is 0 Å². The largest absolute Gasteiger partial charge is 0.318 e. The number of rotatable bonds is 5. The first-order valence-corrected chi connectivity index (χ1v) is 9.98. The minimum absolute atomic E-state index is 0.112. The number of benzene rings is 2. The molecule has 128 valence electrons. The highest BCUT2D eigenvalue weighted by atomic mass is 79.9. The van der Waals surface area contributed by atoms with Crippen molar-refractivity contribution in [1.82, 2.24) is 4.57 Å². The molecule has 0 aliphatic carbocycles. The maximum atomic E-state index is 12.7. The lowest BCUT2D eigenvalue weighted by Gasteiger charge is -2.10. The molecule has 2 nitrogen and oxygen atoms in total. The SMILES string of the molecule is Cc1cc(C(=O)CSc2ccccc2Cl)c(C)n1-c1ccc(Br)cc1. The van der Waals surface area contributed by atoms with Crippen LogP contribution < -0.4 is 0 Å². The number of Topliss-reactive ketones (excluding diaryl/α,β-unsaturated/α-hetero) is 1. The minimum atomic E-state index is 0.112. The molecule has 5 heteroatoms. The quantitative estimate of drug-likeness (QED) is 0.338. The summed E-state index contributed by atoms with van der Waals surface area (Å²) in [5.41, 5.74) is 3.83. The molecule has 0 unspecified atom stereocenters. The van der Waals surface area contributed by atoms with Crippen LogP contribution in [-0.4, -0.2) is 16.1 Å². The Morgan fingerprint density at radius 3 is 2.48 bits per heavy atom. The lowest BCUT2D eigenvalue weighted by Crippen LogP contribution is -2.05. The number of aromatic nitrogens is 1. The molecule has 0 saturated heterocycles. The molecule has 0 aliphatic heterocycles. The van der Waals surface area contributed by atoms with Crippen molar-refractivity contribution >= 4 is 45.1 Å². The van der Waals surface area contributed by atoms with E-state index in [1.165, 1.54) is 11.8 Å². The molecule has 0 spiro atoms. The van der Waals surface area contributed by atoms with Gasteiger partial charge in [-0.1, -0.05) is 39.7 Å². The monoisotopic (exact) mass is 433 g/mol. The van der Waals surface area contributed by atoms with Gasteiger partial charge in [0.05, 0.1) is 10.8 Å². The van der Waals surface area contributed by atoms with Crippen LogP contribution in [0.25, 0.3) is 5.69 Å². The molecule has 1 heterocycles. The van der Waals surface area contributed by atoms with Crippen LogP contribution >= 0.6 is 39.3 Å². The van der Waals surface area contributed by atoms with Crippen molar-refractivity contribution in [3.63, 3.8) is 0 Å². The maximum Gasteiger partial charge on any atom is 0.174 e. The molecule has 0 fully saturated rings. The number of halogens is 2. The first kappa shape index (κ1) is 18.3. The third-order valence-corrected chi connectivity index (χ3v) is 6.06. The Morgan fingerprint density at radius 1 is 1.12 bits per heavy atom. The van der Waals surface area contributed by atoms with Crippen LogP contribution in [-0.2, 0) is 0 Å². The zero-order chi connectivity index (χ0) is 18.0. The van der Waals surface area contributed by atoms with Gasteiger partial charge < -0.3 is 4.57 Å². The van der Waals surface area contributed by atoms with Gasteiger partial charge in [-0.2, -0.15) is 0 Å². The molecular weight excluding hydrogens is 418 g/mol. The highest BCUT2D eigenvalue weighted by molar-refractivity contribution is 9.10. The van der Waals surface area contributed by atoms with Crippen LogP contribution in [0.5, 0.6) is 0 Å². The summed E-state index contributed by atoms with van der Waals surface area (Å²) in [7, 11) is 0. The van der Waals surface area contributed by atoms with E-state index >= 15 is 0 Å². The van der Waals surface area contributed by atoms with Gasteiger partial charge in [0.25, 0.3) is 0 Å². The smallest absolute Gasteiger partial charge is 0.174 e. The van der Waals surface area contributed by atoms with Gasteiger partial charge in [0, 0.05) is 32.0 Å².